The maximum atomic E-state index is 12.1. The minimum Gasteiger partial charge on any atom is -0.445 e. The summed E-state index contributed by atoms with van der Waals surface area (Å²) in [5.41, 5.74) is 0.968. The number of nitrogens with zero attached hydrogens (tertiary/aromatic N) is 2. The largest absolute Gasteiger partial charge is 0.445 e. The third kappa shape index (κ3) is 7.75. The maximum Gasteiger partial charge on any atom is 0.410 e. The summed E-state index contributed by atoms with van der Waals surface area (Å²) in [7, 11) is 0. The van der Waals surface area contributed by atoms with Crippen LogP contribution in [0.25, 0.3) is 0 Å². The lowest BCUT2D eigenvalue weighted by molar-refractivity contribution is -0.0165. The van der Waals surface area contributed by atoms with Gasteiger partial charge in [-0.1, -0.05) is 52.9 Å². The van der Waals surface area contributed by atoms with E-state index in [0.717, 1.165) is 5.56 Å². The van der Waals surface area contributed by atoms with Crippen LogP contribution < -0.4 is 0 Å². The highest BCUT2D eigenvalue weighted by Crippen LogP contribution is 2.07. The van der Waals surface area contributed by atoms with Crippen LogP contribution in [-0.2, 0) is 16.1 Å². The molecule has 1 aliphatic rings. The van der Waals surface area contributed by atoms with E-state index in [2.05, 4.69) is 27.5 Å². The van der Waals surface area contributed by atoms with Gasteiger partial charge in [0, 0.05) is 37.2 Å². The number of ether oxygens (including phenoxy) is 2. The second kappa shape index (κ2) is 11.7. The zero-order valence-electron chi connectivity index (χ0n) is 14.8. The number of hydrogen-bond acceptors (Lipinski definition) is 6. The van der Waals surface area contributed by atoms with Crippen molar-refractivity contribution >= 4 is 28.7 Å². The van der Waals surface area contributed by atoms with Gasteiger partial charge in [0.15, 0.2) is 0 Å². The Morgan fingerprint density at radius 1 is 1.08 bits per heavy atom. The smallest absolute Gasteiger partial charge is 0.410 e. The molecule has 1 saturated heterocycles. The summed E-state index contributed by atoms with van der Waals surface area (Å²) in [6.07, 6.45) is -1.40. The first-order valence-electron chi connectivity index (χ1n) is 8.76. The molecule has 2 N–H and O–H groups in total. The van der Waals surface area contributed by atoms with Gasteiger partial charge >= 0.3 is 6.09 Å². The number of carbonyl (C=O) groups is 1. The first kappa shape index (κ1) is 21.4. The average molecular weight is 478 g/mol. The van der Waals surface area contributed by atoms with Gasteiger partial charge in [-0.2, -0.15) is 0 Å². The molecule has 26 heavy (non-hydrogen) atoms. The fourth-order valence-electron chi connectivity index (χ4n) is 2.66. The summed E-state index contributed by atoms with van der Waals surface area (Å²) in [6, 6.07) is 9.61. The van der Waals surface area contributed by atoms with E-state index in [4.69, 9.17) is 9.47 Å². The van der Waals surface area contributed by atoms with E-state index in [1.54, 1.807) is 4.90 Å². The van der Waals surface area contributed by atoms with Crippen LogP contribution in [0.4, 0.5) is 4.79 Å². The van der Waals surface area contributed by atoms with Gasteiger partial charge in [-0.05, 0) is 5.56 Å². The van der Waals surface area contributed by atoms with Gasteiger partial charge in [-0.25, -0.2) is 4.79 Å². The Hall–Kier alpha value is -0.940. The minimum atomic E-state index is -0.604. The molecule has 0 spiro atoms. The maximum absolute atomic E-state index is 12.1. The fraction of sp³-hybridized carbons (Fsp3) is 0.611. The van der Waals surface area contributed by atoms with Crippen LogP contribution in [-0.4, -0.2) is 88.7 Å². The van der Waals surface area contributed by atoms with Crippen LogP contribution in [0.2, 0.25) is 0 Å². The topological polar surface area (TPSA) is 82.5 Å². The van der Waals surface area contributed by atoms with E-state index in [0.29, 0.717) is 37.2 Å². The van der Waals surface area contributed by atoms with Crippen LogP contribution in [0.1, 0.15) is 5.56 Å². The highest BCUT2D eigenvalue weighted by atomic mass is 127. The third-order valence-electron chi connectivity index (χ3n) is 4.10. The molecule has 1 aromatic carbocycles. The minimum absolute atomic E-state index is 0.201. The lowest BCUT2D eigenvalue weighted by Gasteiger charge is -2.35. The van der Waals surface area contributed by atoms with Gasteiger partial charge in [-0.3, -0.25) is 4.90 Å². The Bertz CT molecular complexity index is 526. The molecular weight excluding hydrogens is 451 g/mol. The molecular formula is C18H27IN2O5. The summed E-state index contributed by atoms with van der Waals surface area (Å²) in [5.74, 6) is 0. The molecule has 1 fully saturated rings. The number of amides is 1. The fourth-order valence-corrected chi connectivity index (χ4v) is 2.91. The van der Waals surface area contributed by atoms with Crippen molar-refractivity contribution in [3.63, 3.8) is 0 Å². The molecule has 146 valence electrons. The lowest BCUT2D eigenvalue weighted by atomic mass is 10.2. The van der Waals surface area contributed by atoms with Gasteiger partial charge < -0.3 is 24.6 Å². The molecule has 2 unspecified atom stereocenters. The number of aliphatic hydroxyl groups excluding tert-OH is 2. The molecule has 0 aromatic heterocycles. The Labute approximate surface area is 168 Å². The van der Waals surface area contributed by atoms with Gasteiger partial charge in [0.05, 0.1) is 25.4 Å². The summed E-state index contributed by atoms with van der Waals surface area (Å²) < 4.78 is 11.3. The van der Waals surface area contributed by atoms with Crippen LogP contribution in [0, 0.1) is 0 Å². The monoisotopic (exact) mass is 478 g/mol. The van der Waals surface area contributed by atoms with Crippen molar-refractivity contribution in [1.82, 2.24) is 9.80 Å². The predicted molar refractivity (Wildman–Crippen MR) is 106 cm³/mol. The average Bonchev–Trinajstić information content (AvgIpc) is 2.67. The Morgan fingerprint density at radius 2 is 1.73 bits per heavy atom. The molecule has 1 aliphatic heterocycles. The normalized spacial score (nSPS) is 17.7. The summed E-state index contributed by atoms with van der Waals surface area (Å²) in [4.78, 5) is 15.9. The molecule has 2 rings (SSSR count). The standard InChI is InChI=1S/C18H27IN2O5/c19-10-16(22)13-25-14-17(23)11-20-6-8-21(9-7-20)18(24)26-12-15-4-2-1-3-5-15/h1-5,16-17,22-23H,6-14H2. The number of halogens is 1. The number of alkyl halides is 1. The van der Waals surface area contributed by atoms with Crippen molar-refractivity contribution in [1.29, 1.82) is 0 Å². The van der Waals surface area contributed by atoms with Crippen molar-refractivity contribution in [3.8, 4) is 0 Å². The van der Waals surface area contributed by atoms with Crippen molar-refractivity contribution < 1.29 is 24.5 Å². The van der Waals surface area contributed by atoms with Crippen molar-refractivity contribution in [3.05, 3.63) is 35.9 Å². The molecule has 7 nitrogen and oxygen atoms in total. The zero-order valence-corrected chi connectivity index (χ0v) is 17.0. The predicted octanol–water partition coefficient (Wildman–Crippen LogP) is 1.11. The van der Waals surface area contributed by atoms with Gasteiger partial charge in [0.1, 0.15) is 6.61 Å². The van der Waals surface area contributed by atoms with E-state index in [1.807, 2.05) is 30.3 Å². The zero-order chi connectivity index (χ0) is 18.8. The number of rotatable bonds is 9. The molecule has 0 bridgehead atoms. The van der Waals surface area contributed by atoms with Crippen molar-refractivity contribution in [2.24, 2.45) is 0 Å². The summed E-state index contributed by atoms with van der Waals surface area (Å²) in [5, 5.41) is 19.4. The second-order valence-corrected chi connectivity index (χ2v) is 7.21. The van der Waals surface area contributed by atoms with Crippen LogP contribution in [0.5, 0.6) is 0 Å². The molecule has 0 aliphatic carbocycles. The number of piperazine rings is 1. The number of aliphatic hydroxyl groups is 2. The van der Waals surface area contributed by atoms with Crippen molar-refractivity contribution in [2.45, 2.75) is 18.8 Å². The molecule has 1 aromatic rings. The van der Waals surface area contributed by atoms with E-state index in [1.165, 1.54) is 0 Å². The third-order valence-corrected chi connectivity index (χ3v) is 5.12. The van der Waals surface area contributed by atoms with Crippen LogP contribution >= 0.6 is 22.6 Å². The molecule has 1 amide bonds. The Balaban J connectivity index is 1.61. The number of benzene rings is 1. The van der Waals surface area contributed by atoms with Crippen LogP contribution in [0.15, 0.2) is 30.3 Å². The van der Waals surface area contributed by atoms with Gasteiger partial charge in [0.25, 0.3) is 0 Å². The number of carbonyl (C=O) groups excluding carboxylic acids is 1. The van der Waals surface area contributed by atoms with Gasteiger partial charge in [0.2, 0.25) is 0 Å². The molecule has 2 atom stereocenters. The van der Waals surface area contributed by atoms with E-state index >= 15 is 0 Å². The molecule has 8 heteroatoms. The van der Waals surface area contributed by atoms with E-state index < -0.39 is 12.2 Å². The van der Waals surface area contributed by atoms with Gasteiger partial charge in [-0.15, -0.1) is 0 Å². The number of β-amino-alcohol motifs (C(OH)–C–C–N with tert-alkyl or cyclic N) is 1. The van der Waals surface area contributed by atoms with E-state index in [9.17, 15) is 15.0 Å². The van der Waals surface area contributed by atoms with E-state index in [-0.39, 0.29) is 25.9 Å². The molecule has 1 heterocycles. The highest BCUT2D eigenvalue weighted by molar-refractivity contribution is 14.1. The molecule has 0 radical (unpaired) electrons. The molecule has 0 saturated carbocycles. The summed E-state index contributed by atoms with van der Waals surface area (Å²) in [6.45, 7) is 3.74. The Morgan fingerprint density at radius 3 is 2.38 bits per heavy atom. The highest BCUT2D eigenvalue weighted by Gasteiger charge is 2.23. The number of hydrogen-bond donors (Lipinski definition) is 2. The second-order valence-electron chi connectivity index (χ2n) is 6.33. The SMILES string of the molecule is O=C(OCc1ccccc1)N1CCN(CC(O)COCC(O)CI)CC1. The quantitative estimate of drug-likeness (QED) is 0.409. The lowest BCUT2D eigenvalue weighted by Crippen LogP contribution is -2.51. The van der Waals surface area contributed by atoms with Crippen LogP contribution in [0.3, 0.4) is 0 Å². The first-order valence-corrected chi connectivity index (χ1v) is 10.3. The first-order chi connectivity index (χ1) is 12.6. The van der Waals surface area contributed by atoms with Crippen molar-refractivity contribution in [2.75, 3.05) is 50.4 Å². The summed E-state index contributed by atoms with van der Waals surface area (Å²) >= 11 is 2.09. The Kier molecular flexibility index (Phi) is 9.62.